The minimum absolute atomic E-state index is 0.556. The Labute approximate surface area is 113 Å². The van der Waals surface area contributed by atoms with Crippen LogP contribution in [0, 0.1) is 0 Å². The smallest absolute Gasteiger partial charge is 0.206 e. The average Bonchev–Trinajstić information content (AvgIpc) is 2.76. The molecule has 0 saturated heterocycles. The van der Waals surface area contributed by atoms with Crippen LogP contribution in [0.25, 0.3) is 0 Å². The Bertz CT molecular complexity index is 458. The first-order valence-corrected chi connectivity index (χ1v) is 7.14. The summed E-state index contributed by atoms with van der Waals surface area (Å²) in [6.45, 7) is 3.16. The number of benzene rings is 1. The lowest BCUT2D eigenvalue weighted by molar-refractivity contribution is 0.705. The molecule has 1 aromatic heterocycles. The van der Waals surface area contributed by atoms with Crippen molar-refractivity contribution in [2.75, 3.05) is 11.9 Å². The van der Waals surface area contributed by atoms with Gasteiger partial charge in [-0.15, -0.1) is 10.2 Å². The van der Waals surface area contributed by atoms with E-state index in [0.29, 0.717) is 5.92 Å². The Morgan fingerprint density at radius 3 is 2.71 bits per heavy atom. The molecule has 2 rings (SSSR count). The molecule has 17 heavy (non-hydrogen) atoms. The van der Waals surface area contributed by atoms with E-state index < -0.39 is 0 Å². The summed E-state index contributed by atoms with van der Waals surface area (Å²) in [7, 11) is 0. The quantitative estimate of drug-likeness (QED) is 0.909. The van der Waals surface area contributed by atoms with E-state index in [-0.39, 0.29) is 0 Å². The van der Waals surface area contributed by atoms with Crippen LogP contribution in [0.1, 0.15) is 24.8 Å². The maximum atomic E-state index is 4.00. The van der Waals surface area contributed by atoms with E-state index >= 15 is 0 Å². The van der Waals surface area contributed by atoms with Crippen LogP contribution in [-0.4, -0.2) is 16.7 Å². The molecule has 90 valence electrons. The Morgan fingerprint density at radius 1 is 1.29 bits per heavy atom. The number of halogens is 1. The number of rotatable bonds is 5. The van der Waals surface area contributed by atoms with Gasteiger partial charge in [0.1, 0.15) is 0 Å². The molecule has 1 atom stereocenters. The SMILES string of the molecule is CC(CCNc1nnc(Br)s1)c1ccccc1. The van der Waals surface area contributed by atoms with Crippen molar-refractivity contribution in [3.63, 3.8) is 0 Å². The predicted molar refractivity (Wildman–Crippen MR) is 75.6 cm³/mol. The van der Waals surface area contributed by atoms with E-state index in [1.165, 1.54) is 16.9 Å². The monoisotopic (exact) mass is 311 g/mol. The third-order valence-corrected chi connectivity index (χ3v) is 3.94. The normalized spacial score (nSPS) is 12.4. The zero-order valence-corrected chi connectivity index (χ0v) is 12.0. The third kappa shape index (κ3) is 3.78. The van der Waals surface area contributed by atoms with E-state index in [1.807, 2.05) is 6.07 Å². The molecule has 0 aliphatic rings. The van der Waals surface area contributed by atoms with E-state index in [4.69, 9.17) is 0 Å². The highest BCUT2D eigenvalue weighted by molar-refractivity contribution is 9.11. The van der Waals surface area contributed by atoms with Gasteiger partial charge in [0.05, 0.1) is 0 Å². The zero-order chi connectivity index (χ0) is 12.1. The van der Waals surface area contributed by atoms with Gasteiger partial charge in [0, 0.05) is 6.54 Å². The maximum absolute atomic E-state index is 4.00. The maximum Gasteiger partial charge on any atom is 0.206 e. The molecule has 5 heteroatoms. The lowest BCUT2D eigenvalue weighted by Gasteiger charge is -2.11. The van der Waals surface area contributed by atoms with Crippen LogP contribution in [0.5, 0.6) is 0 Å². The summed E-state index contributed by atoms with van der Waals surface area (Å²) in [4.78, 5) is 0. The molecular weight excluding hydrogens is 298 g/mol. The molecule has 2 aromatic rings. The number of nitrogens with zero attached hydrogens (tertiary/aromatic N) is 2. The highest BCUT2D eigenvalue weighted by Gasteiger charge is 2.05. The second-order valence-electron chi connectivity index (χ2n) is 3.89. The number of anilines is 1. The first-order valence-electron chi connectivity index (χ1n) is 5.53. The lowest BCUT2D eigenvalue weighted by Crippen LogP contribution is -2.05. The molecule has 0 spiro atoms. The summed E-state index contributed by atoms with van der Waals surface area (Å²) in [5, 5.41) is 12.0. The van der Waals surface area contributed by atoms with Gasteiger partial charge >= 0.3 is 0 Å². The van der Waals surface area contributed by atoms with Crippen LogP contribution in [0.15, 0.2) is 34.2 Å². The summed E-state index contributed by atoms with van der Waals surface area (Å²) >= 11 is 4.81. The molecule has 0 radical (unpaired) electrons. The van der Waals surface area contributed by atoms with Crippen molar-refractivity contribution >= 4 is 32.4 Å². The minimum Gasteiger partial charge on any atom is -0.360 e. The van der Waals surface area contributed by atoms with Crippen molar-refractivity contribution in [1.82, 2.24) is 10.2 Å². The lowest BCUT2D eigenvalue weighted by atomic mass is 9.98. The highest BCUT2D eigenvalue weighted by Crippen LogP contribution is 2.22. The number of hydrogen-bond acceptors (Lipinski definition) is 4. The van der Waals surface area contributed by atoms with Gasteiger partial charge in [-0.1, -0.05) is 48.6 Å². The van der Waals surface area contributed by atoms with Gasteiger partial charge in [-0.2, -0.15) is 0 Å². The van der Waals surface area contributed by atoms with Crippen molar-refractivity contribution < 1.29 is 0 Å². The van der Waals surface area contributed by atoms with E-state index in [9.17, 15) is 0 Å². The fourth-order valence-corrected chi connectivity index (χ4v) is 2.66. The van der Waals surface area contributed by atoms with Gasteiger partial charge in [0.2, 0.25) is 5.13 Å². The van der Waals surface area contributed by atoms with Crippen LogP contribution in [-0.2, 0) is 0 Å². The summed E-state index contributed by atoms with van der Waals surface area (Å²) in [5.41, 5.74) is 1.38. The van der Waals surface area contributed by atoms with Crippen molar-refractivity contribution in [1.29, 1.82) is 0 Å². The minimum atomic E-state index is 0.556. The van der Waals surface area contributed by atoms with Crippen molar-refractivity contribution in [2.24, 2.45) is 0 Å². The van der Waals surface area contributed by atoms with Gasteiger partial charge in [-0.3, -0.25) is 0 Å². The molecule has 0 saturated carbocycles. The van der Waals surface area contributed by atoms with Crippen molar-refractivity contribution in [3.8, 4) is 0 Å². The second kappa shape index (κ2) is 6.12. The first-order chi connectivity index (χ1) is 8.25. The highest BCUT2D eigenvalue weighted by atomic mass is 79.9. The number of hydrogen-bond donors (Lipinski definition) is 1. The van der Waals surface area contributed by atoms with Gasteiger partial charge in [-0.05, 0) is 33.8 Å². The van der Waals surface area contributed by atoms with Crippen LogP contribution in [0.2, 0.25) is 0 Å². The standard InChI is InChI=1S/C12H14BrN3S/c1-9(10-5-3-2-4-6-10)7-8-14-12-16-15-11(13)17-12/h2-6,9H,7-8H2,1H3,(H,14,16). The fraction of sp³-hybridized carbons (Fsp3) is 0.333. The molecular formula is C12H14BrN3S. The van der Waals surface area contributed by atoms with E-state index in [2.05, 4.69) is 62.6 Å². The first kappa shape index (κ1) is 12.5. The van der Waals surface area contributed by atoms with Gasteiger partial charge in [-0.25, -0.2) is 0 Å². The molecule has 1 aromatic carbocycles. The molecule has 0 amide bonds. The van der Waals surface area contributed by atoms with Crippen molar-refractivity contribution in [2.45, 2.75) is 19.3 Å². The van der Waals surface area contributed by atoms with Crippen LogP contribution in [0.4, 0.5) is 5.13 Å². The Balaban J connectivity index is 1.79. The molecule has 0 fully saturated rings. The van der Waals surface area contributed by atoms with Crippen molar-refractivity contribution in [3.05, 3.63) is 39.8 Å². The summed E-state index contributed by atoms with van der Waals surface area (Å²) in [5.74, 6) is 0.556. The topological polar surface area (TPSA) is 37.8 Å². The molecule has 0 aliphatic carbocycles. The van der Waals surface area contributed by atoms with Gasteiger partial charge in [0.15, 0.2) is 3.92 Å². The largest absolute Gasteiger partial charge is 0.360 e. The van der Waals surface area contributed by atoms with E-state index in [0.717, 1.165) is 22.0 Å². The average molecular weight is 312 g/mol. The van der Waals surface area contributed by atoms with Gasteiger partial charge in [0.25, 0.3) is 0 Å². The third-order valence-electron chi connectivity index (χ3n) is 2.62. The Kier molecular flexibility index (Phi) is 4.50. The Hall–Kier alpha value is -0.940. The summed E-state index contributed by atoms with van der Waals surface area (Å²) in [6, 6.07) is 10.6. The van der Waals surface area contributed by atoms with Gasteiger partial charge < -0.3 is 5.32 Å². The van der Waals surface area contributed by atoms with E-state index in [1.54, 1.807) is 0 Å². The molecule has 1 heterocycles. The molecule has 3 nitrogen and oxygen atoms in total. The van der Waals surface area contributed by atoms with Crippen LogP contribution >= 0.6 is 27.3 Å². The fourth-order valence-electron chi connectivity index (χ4n) is 1.62. The predicted octanol–water partition coefficient (Wildman–Crippen LogP) is 3.91. The Morgan fingerprint density at radius 2 is 2.06 bits per heavy atom. The molecule has 0 aliphatic heterocycles. The zero-order valence-electron chi connectivity index (χ0n) is 9.56. The summed E-state index contributed by atoms with van der Waals surface area (Å²) in [6.07, 6.45) is 1.08. The summed E-state index contributed by atoms with van der Waals surface area (Å²) < 4.78 is 0.816. The molecule has 1 unspecified atom stereocenters. The number of aromatic nitrogens is 2. The second-order valence-corrected chi connectivity index (χ2v) is 6.14. The van der Waals surface area contributed by atoms with Crippen LogP contribution in [0.3, 0.4) is 0 Å². The molecule has 0 bridgehead atoms. The molecule has 1 N–H and O–H groups in total. The van der Waals surface area contributed by atoms with Crippen LogP contribution < -0.4 is 5.32 Å². The number of nitrogens with one attached hydrogen (secondary N) is 1.